The second-order valence-corrected chi connectivity index (χ2v) is 6.70. The highest BCUT2D eigenvalue weighted by atomic mass is 16.5. The van der Waals surface area contributed by atoms with Gasteiger partial charge in [0.2, 0.25) is 0 Å². The fourth-order valence-electron chi connectivity index (χ4n) is 2.94. The van der Waals surface area contributed by atoms with Crippen LogP contribution in [0.2, 0.25) is 0 Å². The number of ether oxygens (including phenoxy) is 1. The Morgan fingerprint density at radius 2 is 1.96 bits per heavy atom. The van der Waals surface area contributed by atoms with Gasteiger partial charge in [0.05, 0.1) is 11.9 Å². The molecule has 1 aliphatic carbocycles. The summed E-state index contributed by atoms with van der Waals surface area (Å²) in [6.07, 6.45) is 5.36. The molecule has 4 rings (SSSR count). The first-order valence-electron chi connectivity index (χ1n) is 8.61. The first-order valence-corrected chi connectivity index (χ1v) is 8.61. The van der Waals surface area contributed by atoms with E-state index in [9.17, 15) is 4.79 Å². The van der Waals surface area contributed by atoms with Gasteiger partial charge in [-0.15, -0.1) is 0 Å². The average molecular weight is 349 g/mol. The quantitative estimate of drug-likeness (QED) is 0.520. The molecule has 1 aromatic carbocycles. The first kappa shape index (κ1) is 16.4. The largest absolute Gasteiger partial charge is 0.423 e. The molecule has 6 nitrogen and oxygen atoms in total. The summed E-state index contributed by atoms with van der Waals surface area (Å²) in [5.41, 5.74) is 3.95. The van der Waals surface area contributed by atoms with Gasteiger partial charge in [-0.25, -0.2) is 14.8 Å². The van der Waals surface area contributed by atoms with Gasteiger partial charge in [-0.3, -0.25) is 0 Å². The lowest BCUT2D eigenvalue weighted by Crippen LogP contribution is -2.14. The molecule has 0 N–H and O–H groups in total. The van der Waals surface area contributed by atoms with Crippen LogP contribution in [0.4, 0.5) is 0 Å². The second kappa shape index (κ2) is 6.37. The number of nitrogens with zero attached hydrogens (tertiary/aromatic N) is 3. The molecule has 1 fully saturated rings. The van der Waals surface area contributed by atoms with Crippen LogP contribution in [0.25, 0.3) is 11.3 Å². The number of carbonyl (C=O) groups excluding carboxylic acids is 1. The van der Waals surface area contributed by atoms with Crippen molar-refractivity contribution in [2.24, 2.45) is 0 Å². The van der Waals surface area contributed by atoms with E-state index in [2.05, 4.69) is 15.1 Å². The van der Waals surface area contributed by atoms with E-state index in [0.29, 0.717) is 28.8 Å². The number of benzene rings is 1. The van der Waals surface area contributed by atoms with Gasteiger partial charge in [-0.05, 0) is 57.4 Å². The molecule has 0 saturated heterocycles. The van der Waals surface area contributed by atoms with Crippen molar-refractivity contribution < 1.29 is 14.1 Å². The van der Waals surface area contributed by atoms with E-state index in [4.69, 9.17) is 9.26 Å². The van der Waals surface area contributed by atoms with Crippen molar-refractivity contribution >= 4 is 5.97 Å². The van der Waals surface area contributed by atoms with Gasteiger partial charge in [-0.1, -0.05) is 5.16 Å². The van der Waals surface area contributed by atoms with Crippen molar-refractivity contribution in [3.05, 3.63) is 58.8 Å². The van der Waals surface area contributed by atoms with Crippen molar-refractivity contribution in [2.75, 3.05) is 0 Å². The predicted molar refractivity (Wildman–Crippen MR) is 95.1 cm³/mol. The van der Waals surface area contributed by atoms with Gasteiger partial charge in [-0.2, -0.15) is 0 Å². The summed E-state index contributed by atoms with van der Waals surface area (Å²) in [6, 6.07) is 5.55. The highest BCUT2D eigenvalue weighted by Gasteiger charge is 2.31. The van der Waals surface area contributed by atoms with E-state index in [-0.39, 0.29) is 0 Å². The molecule has 0 spiro atoms. The van der Waals surface area contributed by atoms with Crippen LogP contribution >= 0.6 is 0 Å². The van der Waals surface area contributed by atoms with Crippen LogP contribution in [0.1, 0.15) is 51.8 Å². The number of hydrogen-bond acceptors (Lipinski definition) is 6. The topological polar surface area (TPSA) is 78.1 Å². The molecule has 132 valence electrons. The zero-order valence-corrected chi connectivity index (χ0v) is 14.9. The molecule has 0 bridgehead atoms. The smallest absolute Gasteiger partial charge is 0.347 e. The fourth-order valence-corrected chi connectivity index (χ4v) is 2.94. The minimum atomic E-state index is -0.418. The van der Waals surface area contributed by atoms with Crippen molar-refractivity contribution in [3.63, 3.8) is 0 Å². The van der Waals surface area contributed by atoms with Crippen LogP contribution in [0.5, 0.6) is 5.75 Å². The van der Waals surface area contributed by atoms with Crippen molar-refractivity contribution in [1.82, 2.24) is 15.1 Å². The minimum Gasteiger partial charge on any atom is -0.423 e. The lowest BCUT2D eigenvalue weighted by molar-refractivity contribution is 0.0731. The summed E-state index contributed by atoms with van der Waals surface area (Å²) in [6.45, 7) is 5.66. The summed E-state index contributed by atoms with van der Waals surface area (Å²) in [7, 11) is 0. The normalized spacial score (nSPS) is 13.7. The maximum atomic E-state index is 12.7. The third kappa shape index (κ3) is 3.10. The van der Waals surface area contributed by atoms with Crippen molar-refractivity contribution in [1.29, 1.82) is 0 Å². The van der Waals surface area contributed by atoms with Gasteiger partial charge in [0.1, 0.15) is 17.1 Å². The monoisotopic (exact) mass is 349 g/mol. The third-order valence-electron chi connectivity index (χ3n) is 4.51. The predicted octanol–water partition coefficient (Wildman–Crippen LogP) is 4.15. The number of aromatic nitrogens is 3. The summed E-state index contributed by atoms with van der Waals surface area (Å²) < 4.78 is 10.9. The zero-order chi connectivity index (χ0) is 18.3. The Bertz CT molecular complexity index is 990. The molecule has 0 radical (unpaired) electrons. The van der Waals surface area contributed by atoms with E-state index >= 15 is 0 Å². The Hall–Kier alpha value is -3.02. The maximum Gasteiger partial charge on any atom is 0.347 e. The van der Waals surface area contributed by atoms with Crippen LogP contribution in [-0.2, 0) is 0 Å². The molecular weight excluding hydrogens is 330 g/mol. The van der Waals surface area contributed by atoms with Crippen molar-refractivity contribution in [3.8, 4) is 17.1 Å². The third-order valence-corrected chi connectivity index (χ3v) is 4.51. The first-order chi connectivity index (χ1) is 12.5. The van der Waals surface area contributed by atoms with Crippen LogP contribution in [0, 0.1) is 20.8 Å². The molecule has 2 aromatic heterocycles. The van der Waals surface area contributed by atoms with E-state index in [0.717, 1.165) is 35.2 Å². The molecular formula is C20H19N3O3. The molecule has 1 aliphatic rings. The molecule has 0 amide bonds. The zero-order valence-electron chi connectivity index (χ0n) is 14.9. The van der Waals surface area contributed by atoms with Crippen LogP contribution in [0.3, 0.4) is 0 Å². The lowest BCUT2D eigenvalue weighted by Gasteiger charge is -2.11. The minimum absolute atomic E-state index is 0.345. The Morgan fingerprint density at radius 3 is 2.62 bits per heavy atom. The summed E-state index contributed by atoms with van der Waals surface area (Å²) in [4.78, 5) is 21.3. The summed E-state index contributed by atoms with van der Waals surface area (Å²) in [5, 5.41) is 3.80. The Kier molecular flexibility index (Phi) is 4.03. The molecule has 6 heteroatoms. The van der Waals surface area contributed by atoms with E-state index in [1.54, 1.807) is 18.5 Å². The maximum absolute atomic E-state index is 12.7. The van der Waals surface area contributed by atoms with Gasteiger partial charge in [0.25, 0.3) is 0 Å². The van der Waals surface area contributed by atoms with Gasteiger partial charge < -0.3 is 9.26 Å². The highest BCUT2D eigenvalue weighted by Crippen LogP contribution is 2.40. The second-order valence-electron chi connectivity index (χ2n) is 6.70. The molecule has 26 heavy (non-hydrogen) atoms. The van der Waals surface area contributed by atoms with Crippen LogP contribution in [0.15, 0.2) is 35.1 Å². The van der Waals surface area contributed by atoms with Crippen LogP contribution < -0.4 is 4.74 Å². The van der Waals surface area contributed by atoms with Crippen LogP contribution in [-0.4, -0.2) is 21.1 Å². The Morgan fingerprint density at radius 1 is 1.15 bits per heavy atom. The molecule has 3 aromatic rings. The number of hydrogen-bond donors (Lipinski definition) is 0. The summed E-state index contributed by atoms with van der Waals surface area (Å²) >= 11 is 0. The number of esters is 1. The SMILES string of the molecule is Cc1ncc(C(=O)Oc2ccc(-c3oncc3C)cc2C)c(C2CC2)n1. The van der Waals surface area contributed by atoms with Crippen molar-refractivity contribution in [2.45, 2.75) is 39.5 Å². The Labute approximate surface area is 151 Å². The number of aryl methyl sites for hydroxylation is 3. The van der Waals surface area contributed by atoms with Gasteiger partial charge in [0.15, 0.2) is 5.76 Å². The fraction of sp³-hybridized carbons (Fsp3) is 0.300. The number of carbonyl (C=O) groups is 1. The summed E-state index contributed by atoms with van der Waals surface area (Å²) in [5.74, 6) is 1.83. The molecule has 1 saturated carbocycles. The van der Waals surface area contributed by atoms with Gasteiger partial charge in [0, 0.05) is 23.2 Å². The average Bonchev–Trinajstić information content (AvgIpc) is 3.38. The Balaban J connectivity index is 1.60. The highest BCUT2D eigenvalue weighted by molar-refractivity contribution is 5.92. The molecule has 0 atom stereocenters. The number of rotatable bonds is 4. The molecule has 2 heterocycles. The van der Waals surface area contributed by atoms with E-state index in [1.165, 1.54) is 0 Å². The van der Waals surface area contributed by atoms with E-state index < -0.39 is 5.97 Å². The van der Waals surface area contributed by atoms with Gasteiger partial charge >= 0.3 is 5.97 Å². The molecule has 0 aliphatic heterocycles. The standard InChI is InChI=1S/C20H19N3O3/c1-11-8-15(19-12(2)9-22-26-19)6-7-17(11)25-20(24)16-10-21-13(3)23-18(16)14-4-5-14/h6-10,14H,4-5H2,1-3H3. The molecule has 0 unspecified atom stereocenters. The van der Waals surface area contributed by atoms with E-state index in [1.807, 2.05) is 32.9 Å². The lowest BCUT2D eigenvalue weighted by atomic mass is 10.1.